The van der Waals surface area contributed by atoms with Crippen molar-refractivity contribution in [3.8, 4) is 6.07 Å². The number of carboxylic acids is 1. The number of nitrogen functional groups attached to an aromatic ring is 1. The average Bonchev–Trinajstić information content (AvgIpc) is 2.48. The quantitative estimate of drug-likeness (QED) is 0.344. The second-order valence-corrected chi connectivity index (χ2v) is 5.43. The second-order valence-electron chi connectivity index (χ2n) is 5.43. The van der Waals surface area contributed by atoms with Gasteiger partial charge in [0.05, 0.1) is 0 Å². The summed E-state index contributed by atoms with van der Waals surface area (Å²) in [7, 11) is 0. The minimum absolute atomic E-state index is 0.158. The molecule has 0 aliphatic heterocycles. The molecule has 0 radical (unpaired) electrons. The number of amides is 1. The van der Waals surface area contributed by atoms with Crippen LogP contribution in [0.15, 0.2) is 36.0 Å². The van der Waals surface area contributed by atoms with Gasteiger partial charge in [0, 0.05) is 17.6 Å². The van der Waals surface area contributed by atoms with Crippen LogP contribution in [0.3, 0.4) is 0 Å². The van der Waals surface area contributed by atoms with Gasteiger partial charge in [0.1, 0.15) is 17.7 Å². The van der Waals surface area contributed by atoms with Gasteiger partial charge < -0.3 is 21.5 Å². The number of nitrogens with zero attached hydrogens (tertiary/aromatic N) is 1. The van der Waals surface area contributed by atoms with Crippen LogP contribution in [0.4, 0.5) is 11.4 Å². The number of carbonyl (C=O) groups excluding carboxylic acids is 1. The van der Waals surface area contributed by atoms with Crippen molar-refractivity contribution in [3.63, 3.8) is 0 Å². The maximum Gasteiger partial charge on any atom is 0.326 e. The van der Waals surface area contributed by atoms with E-state index in [0.717, 1.165) is 6.20 Å². The van der Waals surface area contributed by atoms with E-state index in [9.17, 15) is 9.59 Å². The summed E-state index contributed by atoms with van der Waals surface area (Å²) in [6.45, 7) is 3.78. The monoisotopic (exact) mass is 316 g/mol. The first-order valence-corrected chi connectivity index (χ1v) is 7.09. The van der Waals surface area contributed by atoms with Crippen molar-refractivity contribution < 1.29 is 14.7 Å². The van der Waals surface area contributed by atoms with E-state index in [1.807, 2.05) is 13.8 Å². The lowest BCUT2D eigenvalue weighted by Crippen LogP contribution is -2.35. The third kappa shape index (κ3) is 6.09. The van der Waals surface area contributed by atoms with Crippen molar-refractivity contribution in [2.75, 3.05) is 11.1 Å². The Labute approximate surface area is 134 Å². The van der Waals surface area contributed by atoms with Gasteiger partial charge in [-0.1, -0.05) is 13.8 Å². The molecule has 0 aliphatic carbocycles. The van der Waals surface area contributed by atoms with E-state index in [-0.39, 0.29) is 11.5 Å². The predicted molar refractivity (Wildman–Crippen MR) is 87.2 cm³/mol. The zero-order chi connectivity index (χ0) is 17.4. The van der Waals surface area contributed by atoms with Gasteiger partial charge in [0.25, 0.3) is 5.91 Å². The summed E-state index contributed by atoms with van der Waals surface area (Å²) in [6, 6.07) is 7.34. The number of aliphatic carboxylic acids is 1. The average molecular weight is 316 g/mol. The van der Waals surface area contributed by atoms with Gasteiger partial charge in [-0.2, -0.15) is 5.26 Å². The summed E-state index contributed by atoms with van der Waals surface area (Å²) in [6.07, 6.45) is 1.51. The maximum atomic E-state index is 12.0. The summed E-state index contributed by atoms with van der Waals surface area (Å²) in [5.74, 6) is -1.50. The van der Waals surface area contributed by atoms with Crippen LogP contribution in [0.2, 0.25) is 0 Å². The third-order valence-electron chi connectivity index (χ3n) is 2.97. The smallest absolute Gasteiger partial charge is 0.326 e. The molecular formula is C16H20N4O3. The first kappa shape index (κ1) is 18.0. The molecule has 1 atom stereocenters. The molecule has 0 aromatic heterocycles. The molecule has 23 heavy (non-hydrogen) atoms. The Balaban J connectivity index is 2.77. The Morgan fingerprint density at radius 1 is 1.35 bits per heavy atom. The molecule has 1 unspecified atom stereocenters. The Kier molecular flexibility index (Phi) is 6.62. The Morgan fingerprint density at radius 2 is 1.96 bits per heavy atom. The molecular weight excluding hydrogens is 296 g/mol. The number of hydrogen-bond donors (Lipinski definition) is 4. The first-order valence-electron chi connectivity index (χ1n) is 7.09. The van der Waals surface area contributed by atoms with Gasteiger partial charge in [-0.05, 0) is 36.6 Å². The normalized spacial score (nSPS) is 12.3. The van der Waals surface area contributed by atoms with Crippen molar-refractivity contribution in [1.82, 2.24) is 5.32 Å². The molecule has 0 spiro atoms. The van der Waals surface area contributed by atoms with Gasteiger partial charge in [-0.25, -0.2) is 4.79 Å². The van der Waals surface area contributed by atoms with Crippen LogP contribution in [-0.4, -0.2) is 23.0 Å². The number of benzene rings is 1. The Hall–Kier alpha value is -3.01. The van der Waals surface area contributed by atoms with Crippen LogP contribution < -0.4 is 16.4 Å². The van der Waals surface area contributed by atoms with Crippen LogP contribution in [0.5, 0.6) is 0 Å². The Bertz CT molecular complexity index is 630. The van der Waals surface area contributed by atoms with Crippen LogP contribution >= 0.6 is 0 Å². The van der Waals surface area contributed by atoms with Crippen molar-refractivity contribution in [1.29, 1.82) is 5.26 Å². The highest BCUT2D eigenvalue weighted by atomic mass is 16.4. The topological polar surface area (TPSA) is 128 Å². The third-order valence-corrected chi connectivity index (χ3v) is 2.97. The van der Waals surface area contributed by atoms with Crippen LogP contribution in [0.1, 0.15) is 20.3 Å². The SMILES string of the molecule is CC(C)CC(N/C=C(/C#N)C(=O)Nc1ccc(N)cc1)C(=O)O. The van der Waals surface area contributed by atoms with E-state index in [4.69, 9.17) is 16.1 Å². The molecule has 0 saturated carbocycles. The van der Waals surface area contributed by atoms with Crippen LogP contribution in [0.25, 0.3) is 0 Å². The molecule has 0 heterocycles. The summed E-state index contributed by atoms with van der Waals surface area (Å²) in [4.78, 5) is 23.2. The van der Waals surface area contributed by atoms with Gasteiger partial charge in [-0.3, -0.25) is 4.79 Å². The maximum absolute atomic E-state index is 12.0. The fourth-order valence-corrected chi connectivity index (χ4v) is 1.81. The molecule has 0 aliphatic rings. The van der Waals surface area contributed by atoms with Gasteiger partial charge >= 0.3 is 5.97 Å². The largest absolute Gasteiger partial charge is 0.480 e. The van der Waals surface area contributed by atoms with E-state index in [2.05, 4.69) is 10.6 Å². The molecule has 0 fully saturated rings. The number of nitrogens with one attached hydrogen (secondary N) is 2. The highest BCUT2D eigenvalue weighted by Gasteiger charge is 2.18. The highest BCUT2D eigenvalue weighted by molar-refractivity contribution is 6.06. The van der Waals surface area contributed by atoms with E-state index in [1.165, 1.54) is 0 Å². The van der Waals surface area contributed by atoms with Crippen molar-refractivity contribution in [2.24, 2.45) is 5.92 Å². The van der Waals surface area contributed by atoms with Crippen molar-refractivity contribution in [2.45, 2.75) is 26.3 Å². The van der Waals surface area contributed by atoms with E-state index in [1.54, 1.807) is 30.3 Å². The number of anilines is 2. The molecule has 7 nitrogen and oxygen atoms in total. The fraction of sp³-hybridized carbons (Fsp3) is 0.312. The molecule has 122 valence electrons. The number of carbonyl (C=O) groups is 2. The number of hydrogen-bond acceptors (Lipinski definition) is 5. The van der Waals surface area contributed by atoms with Gasteiger partial charge in [0.15, 0.2) is 0 Å². The zero-order valence-corrected chi connectivity index (χ0v) is 13.0. The van der Waals surface area contributed by atoms with Gasteiger partial charge in [-0.15, -0.1) is 0 Å². The molecule has 7 heteroatoms. The standard InChI is InChI=1S/C16H20N4O3/c1-10(2)7-14(16(22)23)19-9-11(8-17)15(21)20-13-5-3-12(18)4-6-13/h3-6,9-10,14,19H,7,18H2,1-2H3,(H,20,21)(H,22,23)/b11-9-. The van der Waals surface area contributed by atoms with Crippen LogP contribution in [0, 0.1) is 17.2 Å². The van der Waals surface area contributed by atoms with E-state index < -0.39 is 17.9 Å². The molecule has 5 N–H and O–H groups in total. The molecule has 0 bridgehead atoms. The molecule has 1 rings (SSSR count). The lowest BCUT2D eigenvalue weighted by molar-refractivity contribution is -0.139. The predicted octanol–water partition coefficient (Wildman–Crippen LogP) is 1.70. The van der Waals surface area contributed by atoms with Crippen molar-refractivity contribution in [3.05, 3.63) is 36.0 Å². The van der Waals surface area contributed by atoms with Gasteiger partial charge in [0.2, 0.25) is 0 Å². The fourth-order valence-electron chi connectivity index (χ4n) is 1.81. The number of nitriles is 1. The van der Waals surface area contributed by atoms with Crippen molar-refractivity contribution >= 4 is 23.3 Å². The molecule has 0 saturated heterocycles. The lowest BCUT2D eigenvalue weighted by atomic mass is 10.0. The van der Waals surface area contributed by atoms with Crippen LogP contribution in [-0.2, 0) is 9.59 Å². The number of nitrogens with two attached hydrogens (primary N) is 1. The minimum Gasteiger partial charge on any atom is -0.480 e. The van der Waals surface area contributed by atoms with E-state index >= 15 is 0 Å². The summed E-state index contributed by atoms with van der Waals surface area (Å²) < 4.78 is 0. The number of carboxylic acid groups (broad SMARTS) is 1. The summed E-state index contributed by atoms with van der Waals surface area (Å²) in [5, 5.41) is 23.3. The first-order chi connectivity index (χ1) is 10.8. The lowest BCUT2D eigenvalue weighted by Gasteiger charge is -2.15. The highest BCUT2D eigenvalue weighted by Crippen LogP contribution is 2.11. The second kappa shape index (κ2) is 8.44. The molecule has 1 aromatic carbocycles. The van der Waals surface area contributed by atoms with E-state index in [0.29, 0.717) is 17.8 Å². The number of rotatable bonds is 7. The Morgan fingerprint density at radius 3 is 2.43 bits per heavy atom. The summed E-state index contributed by atoms with van der Waals surface area (Å²) in [5.41, 5.74) is 6.38. The molecule has 1 aromatic rings. The molecule has 1 amide bonds. The minimum atomic E-state index is -1.04. The summed E-state index contributed by atoms with van der Waals surface area (Å²) >= 11 is 0. The zero-order valence-electron chi connectivity index (χ0n) is 13.0.